The molecule has 1 amide bonds. The van der Waals surface area contributed by atoms with Crippen molar-refractivity contribution in [1.82, 2.24) is 4.90 Å². The summed E-state index contributed by atoms with van der Waals surface area (Å²) in [5.74, 6) is 2.35. The summed E-state index contributed by atoms with van der Waals surface area (Å²) in [6, 6.07) is 0.255. The molecule has 0 bridgehead atoms. The van der Waals surface area contributed by atoms with Gasteiger partial charge in [0.1, 0.15) is 0 Å². The zero-order valence-electron chi connectivity index (χ0n) is 13.0. The molecule has 1 saturated carbocycles. The van der Waals surface area contributed by atoms with Crippen LogP contribution in [0.15, 0.2) is 0 Å². The van der Waals surface area contributed by atoms with E-state index in [2.05, 4.69) is 18.7 Å². The summed E-state index contributed by atoms with van der Waals surface area (Å²) >= 11 is 0. The van der Waals surface area contributed by atoms with Gasteiger partial charge >= 0.3 is 0 Å². The van der Waals surface area contributed by atoms with Gasteiger partial charge in [0, 0.05) is 25.6 Å². The average molecular weight is 303 g/mol. The predicted molar refractivity (Wildman–Crippen MR) is 85.9 cm³/mol. The molecule has 0 radical (unpaired) electrons. The summed E-state index contributed by atoms with van der Waals surface area (Å²) in [5, 5.41) is 0. The van der Waals surface area contributed by atoms with E-state index in [1.807, 2.05) is 0 Å². The van der Waals surface area contributed by atoms with Crippen LogP contribution in [0.5, 0.6) is 0 Å². The van der Waals surface area contributed by atoms with E-state index in [0.29, 0.717) is 18.2 Å². The van der Waals surface area contributed by atoms with E-state index in [1.165, 1.54) is 25.7 Å². The monoisotopic (exact) mass is 302 g/mol. The van der Waals surface area contributed by atoms with Gasteiger partial charge < -0.3 is 10.6 Å². The van der Waals surface area contributed by atoms with Crippen LogP contribution in [0.25, 0.3) is 0 Å². The third kappa shape index (κ3) is 4.63. The maximum Gasteiger partial charge on any atom is 0.222 e. The van der Waals surface area contributed by atoms with Crippen LogP contribution >= 0.6 is 12.4 Å². The van der Waals surface area contributed by atoms with Gasteiger partial charge in [-0.2, -0.15) is 0 Å². The van der Waals surface area contributed by atoms with Crippen molar-refractivity contribution < 1.29 is 4.79 Å². The zero-order chi connectivity index (χ0) is 13.8. The van der Waals surface area contributed by atoms with Crippen molar-refractivity contribution in [1.29, 1.82) is 0 Å². The second-order valence-corrected chi connectivity index (χ2v) is 6.87. The van der Waals surface area contributed by atoms with Gasteiger partial charge in [-0.25, -0.2) is 0 Å². The summed E-state index contributed by atoms with van der Waals surface area (Å²) in [6.07, 6.45) is 7.79. The largest absolute Gasteiger partial charge is 0.343 e. The van der Waals surface area contributed by atoms with E-state index < -0.39 is 0 Å². The minimum atomic E-state index is 0. The second kappa shape index (κ2) is 8.23. The van der Waals surface area contributed by atoms with Crippen LogP contribution in [0.1, 0.15) is 58.8 Å². The lowest BCUT2D eigenvalue weighted by Crippen LogP contribution is -2.42. The third-order valence-corrected chi connectivity index (χ3v) is 5.24. The van der Waals surface area contributed by atoms with Crippen LogP contribution < -0.4 is 5.73 Å². The molecule has 1 aliphatic carbocycles. The predicted octanol–water partition coefficient (Wildman–Crippen LogP) is 3.21. The Morgan fingerprint density at radius 2 is 1.75 bits per heavy atom. The fraction of sp³-hybridized carbons (Fsp3) is 0.938. The number of carbonyl (C=O) groups excluding carboxylic acids is 1. The van der Waals surface area contributed by atoms with Crippen molar-refractivity contribution in [3.05, 3.63) is 0 Å². The highest BCUT2D eigenvalue weighted by atomic mass is 35.5. The number of hydrogen-bond donors (Lipinski definition) is 1. The first-order valence-electron chi connectivity index (χ1n) is 8.11. The molecule has 2 unspecified atom stereocenters. The molecule has 1 aliphatic heterocycles. The van der Waals surface area contributed by atoms with Crippen LogP contribution in [0.3, 0.4) is 0 Å². The highest BCUT2D eigenvalue weighted by molar-refractivity contribution is 5.85. The normalized spacial score (nSPS) is 28.3. The maximum atomic E-state index is 12.4. The molecule has 2 fully saturated rings. The van der Waals surface area contributed by atoms with Crippen LogP contribution in [-0.2, 0) is 4.79 Å². The minimum absolute atomic E-state index is 0. The summed E-state index contributed by atoms with van der Waals surface area (Å²) in [6.45, 7) is 6.51. The minimum Gasteiger partial charge on any atom is -0.343 e. The molecule has 0 spiro atoms. The van der Waals surface area contributed by atoms with Crippen molar-refractivity contribution in [2.45, 2.75) is 64.8 Å². The zero-order valence-corrected chi connectivity index (χ0v) is 13.8. The molecule has 0 aromatic rings. The molecule has 3 nitrogen and oxygen atoms in total. The van der Waals surface area contributed by atoms with Crippen molar-refractivity contribution >= 4 is 18.3 Å². The molecule has 0 aromatic heterocycles. The molecule has 1 heterocycles. The topological polar surface area (TPSA) is 46.3 Å². The van der Waals surface area contributed by atoms with Gasteiger partial charge in [-0.05, 0) is 43.4 Å². The van der Waals surface area contributed by atoms with Gasteiger partial charge in [-0.3, -0.25) is 4.79 Å². The van der Waals surface area contributed by atoms with Crippen LogP contribution in [0.4, 0.5) is 0 Å². The summed E-state index contributed by atoms with van der Waals surface area (Å²) in [4.78, 5) is 14.4. The number of amides is 1. The Morgan fingerprint density at radius 3 is 2.30 bits per heavy atom. The van der Waals surface area contributed by atoms with E-state index in [0.717, 1.165) is 37.8 Å². The van der Waals surface area contributed by atoms with Crippen LogP contribution in [0, 0.1) is 17.8 Å². The first-order valence-corrected chi connectivity index (χ1v) is 8.11. The van der Waals surface area contributed by atoms with Crippen molar-refractivity contribution in [3.8, 4) is 0 Å². The number of halogens is 1. The maximum absolute atomic E-state index is 12.4. The highest BCUT2D eigenvalue weighted by Crippen LogP contribution is 2.28. The molecular formula is C16H31ClN2O. The summed E-state index contributed by atoms with van der Waals surface area (Å²) in [7, 11) is 0. The fourth-order valence-electron chi connectivity index (χ4n) is 3.66. The molecule has 2 atom stereocenters. The number of nitrogens with two attached hydrogens (primary N) is 1. The molecule has 4 heteroatoms. The van der Waals surface area contributed by atoms with Gasteiger partial charge in [0.05, 0.1) is 0 Å². The number of rotatable bonds is 3. The first-order chi connectivity index (χ1) is 9.08. The Bertz CT molecular complexity index is 301. The van der Waals surface area contributed by atoms with E-state index in [9.17, 15) is 4.79 Å². The Balaban J connectivity index is 0.00000200. The molecule has 2 aliphatic rings. The van der Waals surface area contributed by atoms with Crippen molar-refractivity contribution in [2.24, 2.45) is 23.5 Å². The van der Waals surface area contributed by atoms with E-state index >= 15 is 0 Å². The molecule has 20 heavy (non-hydrogen) atoms. The average Bonchev–Trinajstić information content (AvgIpc) is 2.41. The van der Waals surface area contributed by atoms with Crippen molar-refractivity contribution in [3.63, 3.8) is 0 Å². The Morgan fingerprint density at radius 1 is 1.15 bits per heavy atom. The van der Waals surface area contributed by atoms with Gasteiger partial charge in [-0.15, -0.1) is 12.4 Å². The summed E-state index contributed by atoms with van der Waals surface area (Å²) in [5.41, 5.74) is 6.15. The molecule has 118 valence electrons. The van der Waals surface area contributed by atoms with Gasteiger partial charge in [-0.1, -0.05) is 26.7 Å². The molecule has 1 saturated heterocycles. The molecule has 2 rings (SSSR count). The molecular weight excluding hydrogens is 272 g/mol. The number of nitrogens with zero attached hydrogens (tertiary/aromatic N) is 1. The number of likely N-dealkylation sites (tertiary alicyclic amines) is 1. The first kappa shape index (κ1) is 17.8. The Hall–Kier alpha value is -0.280. The van der Waals surface area contributed by atoms with E-state index in [-0.39, 0.29) is 18.4 Å². The third-order valence-electron chi connectivity index (χ3n) is 5.24. The molecule has 0 aromatic carbocycles. The van der Waals surface area contributed by atoms with Gasteiger partial charge in [0.25, 0.3) is 0 Å². The van der Waals surface area contributed by atoms with E-state index in [1.54, 1.807) is 0 Å². The standard InChI is InChI=1S/C16H30N2O.ClH/c1-12(2)13-7-9-18(10-8-13)16(19)11-14-5-3-4-6-15(14)17;/h12-15H,3-11,17H2,1-2H3;1H. The van der Waals surface area contributed by atoms with Crippen LogP contribution in [0.2, 0.25) is 0 Å². The lowest BCUT2D eigenvalue weighted by atomic mass is 9.82. The second-order valence-electron chi connectivity index (χ2n) is 6.87. The van der Waals surface area contributed by atoms with Crippen molar-refractivity contribution in [2.75, 3.05) is 13.1 Å². The fourth-order valence-corrected chi connectivity index (χ4v) is 3.66. The highest BCUT2D eigenvalue weighted by Gasteiger charge is 2.29. The lowest BCUT2D eigenvalue weighted by Gasteiger charge is -2.36. The Kier molecular flexibility index (Phi) is 7.32. The van der Waals surface area contributed by atoms with Gasteiger partial charge in [0.2, 0.25) is 5.91 Å². The number of carbonyl (C=O) groups is 1. The van der Waals surface area contributed by atoms with Gasteiger partial charge in [0.15, 0.2) is 0 Å². The smallest absolute Gasteiger partial charge is 0.222 e. The molecule has 2 N–H and O–H groups in total. The summed E-state index contributed by atoms with van der Waals surface area (Å²) < 4.78 is 0. The number of piperidine rings is 1. The SMILES string of the molecule is CC(C)C1CCN(C(=O)CC2CCCCC2N)CC1.Cl. The Labute approximate surface area is 130 Å². The van der Waals surface area contributed by atoms with Crippen LogP contribution in [-0.4, -0.2) is 29.9 Å². The van der Waals surface area contributed by atoms with E-state index in [4.69, 9.17) is 5.73 Å². The number of hydrogen-bond acceptors (Lipinski definition) is 2. The lowest BCUT2D eigenvalue weighted by molar-refractivity contribution is -0.134. The quantitative estimate of drug-likeness (QED) is 0.870.